The molecule has 1 aromatic heterocycles. The van der Waals surface area contributed by atoms with Crippen LogP contribution in [-0.2, 0) is 13.1 Å². The molecule has 6 heteroatoms. The number of amides is 1. The van der Waals surface area contributed by atoms with Crippen LogP contribution in [-0.4, -0.2) is 38.7 Å². The van der Waals surface area contributed by atoms with Gasteiger partial charge in [0, 0.05) is 25.8 Å². The summed E-state index contributed by atoms with van der Waals surface area (Å²) in [5.41, 5.74) is 2.57. The second kappa shape index (κ2) is 7.29. The molecular formula is C18H23N3O3. The van der Waals surface area contributed by atoms with Crippen molar-refractivity contribution in [3.05, 3.63) is 52.8 Å². The van der Waals surface area contributed by atoms with E-state index in [0.29, 0.717) is 18.0 Å². The molecule has 0 aliphatic rings. The molecule has 0 fully saturated rings. The minimum absolute atomic E-state index is 0.0928. The van der Waals surface area contributed by atoms with Gasteiger partial charge in [-0.1, -0.05) is 26.0 Å². The fourth-order valence-corrected chi connectivity index (χ4v) is 2.49. The van der Waals surface area contributed by atoms with E-state index in [0.717, 1.165) is 17.8 Å². The molecule has 0 saturated carbocycles. The minimum atomic E-state index is -0.959. The van der Waals surface area contributed by atoms with Gasteiger partial charge in [0.25, 0.3) is 5.91 Å². The predicted octanol–water partition coefficient (Wildman–Crippen LogP) is 2.82. The molecule has 128 valence electrons. The molecule has 0 radical (unpaired) electrons. The highest BCUT2D eigenvalue weighted by Gasteiger charge is 2.18. The number of nitrogens with zero attached hydrogens (tertiary/aromatic N) is 3. The second-order valence-electron chi connectivity index (χ2n) is 6.38. The fraction of sp³-hybridized carbons (Fsp3) is 0.389. The lowest BCUT2D eigenvalue weighted by Gasteiger charge is -2.17. The number of benzene rings is 1. The topological polar surface area (TPSA) is 75.4 Å². The van der Waals surface area contributed by atoms with E-state index in [9.17, 15) is 9.59 Å². The van der Waals surface area contributed by atoms with Crippen LogP contribution in [0.4, 0.5) is 0 Å². The van der Waals surface area contributed by atoms with Crippen LogP contribution in [0.25, 0.3) is 0 Å². The first-order valence-electron chi connectivity index (χ1n) is 7.89. The number of rotatable bonds is 6. The van der Waals surface area contributed by atoms with Gasteiger partial charge in [0.15, 0.2) is 0 Å². The molecule has 0 bridgehead atoms. The van der Waals surface area contributed by atoms with E-state index in [1.165, 1.54) is 0 Å². The van der Waals surface area contributed by atoms with Gasteiger partial charge in [-0.3, -0.25) is 9.48 Å². The van der Waals surface area contributed by atoms with Gasteiger partial charge in [0.05, 0.1) is 17.3 Å². The summed E-state index contributed by atoms with van der Waals surface area (Å²) in [6.07, 6.45) is 1.62. The Morgan fingerprint density at radius 3 is 2.42 bits per heavy atom. The van der Waals surface area contributed by atoms with Crippen LogP contribution in [0.2, 0.25) is 0 Å². The van der Waals surface area contributed by atoms with Gasteiger partial charge >= 0.3 is 5.97 Å². The van der Waals surface area contributed by atoms with E-state index in [1.54, 1.807) is 42.4 Å². The van der Waals surface area contributed by atoms with Crippen molar-refractivity contribution in [2.45, 2.75) is 33.9 Å². The highest BCUT2D eigenvalue weighted by atomic mass is 16.4. The molecule has 1 N–H and O–H groups in total. The first-order valence-corrected chi connectivity index (χ1v) is 7.89. The van der Waals surface area contributed by atoms with E-state index in [-0.39, 0.29) is 11.5 Å². The molecule has 1 heterocycles. The van der Waals surface area contributed by atoms with Crippen molar-refractivity contribution in [2.24, 2.45) is 5.92 Å². The van der Waals surface area contributed by atoms with Gasteiger partial charge in [-0.25, -0.2) is 4.79 Å². The van der Waals surface area contributed by atoms with Gasteiger partial charge in [0.1, 0.15) is 0 Å². The molecule has 0 spiro atoms. The van der Waals surface area contributed by atoms with E-state index in [1.807, 2.05) is 11.6 Å². The van der Waals surface area contributed by atoms with Crippen LogP contribution < -0.4 is 0 Å². The van der Waals surface area contributed by atoms with Crippen LogP contribution in [0.5, 0.6) is 0 Å². The normalized spacial score (nSPS) is 10.9. The Labute approximate surface area is 141 Å². The van der Waals surface area contributed by atoms with Gasteiger partial charge in [-0.05, 0) is 30.5 Å². The number of hydrogen-bond donors (Lipinski definition) is 1. The number of hydrogen-bond acceptors (Lipinski definition) is 3. The molecular weight excluding hydrogens is 306 g/mol. The third-order valence-electron chi connectivity index (χ3n) is 3.84. The van der Waals surface area contributed by atoms with Crippen molar-refractivity contribution in [1.29, 1.82) is 0 Å². The molecule has 0 aliphatic carbocycles. The zero-order valence-corrected chi connectivity index (χ0v) is 14.5. The summed E-state index contributed by atoms with van der Waals surface area (Å²) in [5.74, 6) is -0.596. The third kappa shape index (κ3) is 4.01. The van der Waals surface area contributed by atoms with Crippen molar-refractivity contribution < 1.29 is 14.7 Å². The van der Waals surface area contributed by atoms with E-state index in [4.69, 9.17) is 5.11 Å². The van der Waals surface area contributed by atoms with Crippen molar-refractivity contribution in [3.8, 4) is 0 Å². The molecule has 2 aromatic rings. The number of carboxylic acids is 1. The molecule has 0 aliphatic heterocycles. The first kappa shape index (κ1) is 17.7. The molecule has 24 heavy (non-hydrogen) atoms. The summed E-state index contributed by atoms with van der Waals surface area (Å²) in [6, 6.07) is 6.54. The molecule has 0 atom stereocenters. The summed E-state index contributed by atoms with van der Waals surface area (Å²) < 4.78 is 1.85. The van der Waals surface area contributed by atoms with Crippen molar-refractivity contribution in [1.82, 2.24) is 14.7 Å². The highest BCUT2D eigenvalue weighted by Crippen LogP contribution is 2.14. The standard InChI is InChI=1S/C18H23N3O3/c1-12(2)10-21-13(3)16(9-19-21)17(22)20(4)11-14-5-7-15(8-6-14)18(23)24/h5-9,12H,10-11H2,1-4H3,(H,23,24). The summed E-state index contributed by atoms with van der Waals surface area (Å²) in [5, 5.41) is 13.2. The van der Waals surface area contributed by atoms with Crippen molar-refractivity contribution in [2.75, 3.05) is 7.05 Å². The Morgan fingerprint density at radius 2 is 1.88 bits per heavy atom. The van der Waals surface area contributed by atoms with Crippen LogP contribution in [0, 0.1) is 12.8 Å². The monoisotopic (exact) mass is 329 g/mol. The van der Waals surface area contributed by atoms with Crippen LogP contribution in [0.15, 0.2) is 30.5 Å². The van der Waals surface area contributed by atoms with Crippen molar-refractivity contribution >= 4 is 11.9 Å². The SMILES string of the molecule is Cc1c(C(=O)N(C)Cc2ccc(C(=O)O)cc2)cnn1CC(C)C. The molecule has 1 amide bonds. The Hall–Kier alpha value is -2.63. The number of carbonyl (C=O) groups excluding carboxylic acids is 1. The molecule has 2 rings (SSSR count). The smallest absolute Gasteiger partial charge is 0.335 e. The van der Waals surface area contributed by atoms with Gasteiger partial charge in [-0.2, -0.15) is 5.10 Å². The zero-order valence-electron chi connectivity index (χ0n) is 14.5. The summed E-state index contributed by atoms with van der Waals surface area (Å²) >= 11 is 0. The molecule has 1 aromatic carbocycles. The summed E-state index contributed by atoms with van der Waals surface area (Å²) in [4.78, 5) is 25.1. The van der Waals surface area contributed by atoms with Gasteiger partial charge in [0.2, 0.25) is 0 Å². The van der Waals surface area contributed by atoms with Gasteiger partial charge < -0.3 is 10.0 Å². The maximum Gasteiger partial charge on any atom is 0.335 e. The summed E-state index contributed by atoms with van der Waals surface area (Å²) in [7, 11) is 1.73. The Bertz CT molecular complexity index is 732. The molecule has 6 nitrogen and oxygen atoms in total. The van der Waals surface area contributed by atoms with Crippen LogP contribution >= 0.6 is 0 Å². The largest absolute Gasteiger partial charge is 0.478 e. The zero-order chi connectivity index (χ0) is 17.9. The van der Waals surface area contributed by atoms with E-state index < -0.39 is 5.97 Å². The Morgan fingerprint density at radius 1 is 1.25 bits per heavy atom. The highest BCUT2D eigenvalue weighted by molar-refractivity contribution is 5.94. The van der Waals surface area contributed by atoms with Gasteiger partial charge in [-0.15, -0.1) is 0 Å². The van der Waals surface area contributed by atoms with Crippen LogP contribution in [0.3, 0.4) is 0 Å². The predicted molar refractivity (Wildman–Crippen MR) is 91.0 cm³/mol. The number of carbonyl (C=O) groups is 2. The number of aromatic carboxylic acids is 1. The minimum Gasteiger partial charge on any atom is -0.478 e. The first-order chi connectivity index (χ1) is 11.3. The second-order valence-corrected chi connectivity index (χ2v) is 6.38. The average molecular weight is 329 g/mol. The lowest BCUT2D eigenvalue weighted by molar-refractivity contribution is 0.0695. The Kier molecular flexibility index (Phi) is 5.39. The summed E-state index contributed by atoms with van der Waals surface area (Å²) in [6.45, 7) is 7.30. The molecule has 0 unspecified atom stereocenters. The lowest BCUT2D eigenvalue weighted by Crippen LogP contribution is -2.26. The van der Waals surface area contributed by atoms with E-state index >= 15 is 0 Å². The van der Waals surface area contributed by atoms with Crippen molar-refractivity contribution in [3.63, 3.8) is 0 Å². The third-order valence-corrected chi connectivity index (χ3v) is 3.84. The maximum atomic E-state index is 12.6. The number of aromatic nitrogens is 2. The molecule has 0 saturated heterocycles. The van der Waals surface area contributed by atoms with Crippen LogP contribution in [0.1, 0.15) is 45.8 Å². The fourth-order valence-electron chi connectivity index (χ4n) is 2.49. The maximum absolute atomic E-state index is 12.6. The number of carboxylic acid groups (broad SMARTS) is 1. The lowest BCUT2D eigenvalue weighted by atomic mass is 10.1. The Balaban J connectivity index is 2.09. The quantitative estimate of drug-likeness (QED) is 0.884. The average Bonchev–Trinajstić information content (AvgIpc) is 2.87. The van der Waals surface area contributed by atoms with E-state index in [2.05, 4.69) is 18.9 Å².